The maximum atomic E-state index is 11.1. The lowest BCUT2D eigenvalue weighted by Crippen LogP contribution is -2.46. The summed E-state index contributed by atoms with van der Waals surface area (Å²) in [5, 5.41) is 20.6. The molecule has 0 aliphatic carbocycles. The molecule has 0 bridgehead atoms. The van der Waals surface area contributed by atoms with E-state index in [9.17, 15) is 15.4 Å². The number of rotatable bonds is 3. The highest BCUT2D eigenvalue weighted by molar-refractivity contribution is 5.44. The Balaban J connectivity index is 2.33. The molecule has 6 nitrogen and oxygen atoms in total. The van der Waals surface area contributed by atoms with Crippen molar-refractivity contribution in [2.75, 3.05) is 13.1 Å². The molecule has 106 valence electrons. The molecule has 3 atom stereocenters. The minimum Gasteiger partial charge on any atom is -0.373 e. The second kappa shape index (κ2) is 5.99. The molecule has 1 saturated heterocycles. The molecule has 0 spiro atoms. The monoisotopic (exact) mass is 275 g/mol. The van der Waals surface area contributed by atoms with Crippen LogP contribution in [-0.2, 0) is 4.74 Å². The average molecular weight is 275 g/mol. The summed E-state index contributed by atoms with van der Waals surface area (Å²) < 4.78 is 5.64. The van der Waals surface area contributed by atoms with Gasteiger partial charge in [-0.25, -0.2) is 0 Å². The lowest BCUT2D eigenvalue weighted by Gasteiger charge is -2.37. The van der Waals surface area contributed by atoms with E-state index < -0.39 is 11.0 Å². The molecule has 0 radical (unpaired) electrons. The van der Waals surface area contributed by atoms with Gasteiger partial charge in [-0.15, -0.1) is 0 Å². The second-order valence-corrected chi connectivity index (χ2v) is 5.06. The molecule has 1 aromatic rings. The average Bonchev–Trinajstić information content (AvgIpc) is 2.39. The molecule has 1 fully saturated rings. The van der Waals surface area contributed by atoms with Crippen LogP contribution >= 0.6 is 0 Å². The Morgan fingerprint density at radius 1 is 1.40 bits per heavy atom. The zero-order valence-electron chi connectivity index (χ0n) is 11.5. The lowest BCUT2D eigenvalue weighted by atomic mass is 10.0. The Labute approximate surface area is 117 Å². The van der Waals surface area contributed by atoms with Crippen LogP contribution in [0.4, 0.5) is 5.69 Å². The number of hydrogen-bond acceptors (Lipinski definition) is 5. The van der Waals surface area contributed by atoms with E-state index in [2.05, 4.69) is 6.07 Å². The van der Waals surface area contributed by atoms with Crippen molar-refractivity contribution in [3.05, 3.63) is 39.9 Å². The van der Waals surface area contributed by atoms with Crippen molar-refractivity contribution >= 4 is 5.69 Å². The third kappa shape index (κ3) is 2.95. The Morgan fingerprint density at radius 2 is 2.00 bits per heavy atom. The molecule has 0 aromatic heterocycles. The zero-order valence-corrected chi connectivity index (χ0v) is 11.5. The first-order chi connectivity index (χ1) is 9.52. The number of ether oxygens (including phenoxy) is 1. The van der Waals surface area contributed by atoms with Crippen LogP contribution in [0.15, 0.2) is 24.3 Å². The molecular formula is C14H17N3O3. The highest BCUT2D eigenvalue weighted by Gasteiger charge is 2.32. The Bertz CT molecular complexity index is 531. The van der Waals surface area contributed by atoms with E-state index in [1.807, 2.05) is 18.7 Å². The van der Waals surface area contributed by atoms with Gasteiger partial charge >= 0.3 is 0 Å². The molecule has 6 heteroatoms. The number of nitriles is 1. The Hall–Kier alpha value is -1.97. The number of nitro benzene ring substituents is 1. The van der Waals surface area contributed by atoms with Crippen molar-refractivity contribution in [1.29, 1.82) is 5.26 Å². The highest BCUT2D eigenvalue weighted by atomic mass is 16.6. The van der Waals surface area contributed by atoms with E-state index in [4.69, 9.17) is 4.74 Å². The SMILES string of the molecule is CC1CN(C(C#N)c2ccccc2[N+](=O)[O-])CC(C)O1. The predicted molar refractivity (Wildman–Crippen MR) is 73.0 cm³/mol. The maximum Gasteiger partial charge on any atom is 0.275 e. The first kappa shape index (κ1) is 14.4. The quantitative estimate of drug-likeness (QED) is 0.624. The molecule has 20 heavy (non-hydrogen) atoms. The molecule has 1 aromatic carbocycles. The topological polar surface area (TPSA) is 79.4 Å². The largest absolute Gasteiger partial charge is 0.373 e. The molecular weight excluding hydrogens is 258 g/mol. The Kier molecular flexibility index (Phi) is 4.32. The van der Waals surface area contributed by atoms with Crippen molar-refractivity contribution in [3.8, 4) is 6.07 Å². The number of para-hydroxylation sites is 1. The molecule has 2 rings (SSSR count). The van der Waals surface area contributed by atoms with E-state index in [-0.39, 0.29) is 17.9 Å². The first-order valence-corrected chi connectivity index (χ1v) is 6.55. The number of benzene rings is 1. The summed E-state index contributed by atoms with van der Waals surface area (Å²) in [6.45, 7) is 5.07. The van der Waals surface area contributed by atoms with E-state index in [0.29, 0.717) is 18.7 Å². The van der Waals surface area contributed by atoms with E-state index >= 15 is 0 Å². The van der Waals surface area contributed by atoms with Crippen LogP contribution in [0.25, 0.3) is 0 Å². The molecule has 0 amide bonds. The van der Waals surface area contributed by atoms with Crippen molar-refractivity contribution in [1.82, 2.24) is 4.90 Å². The number of hydrogen-bond donors (Lipinski definition) is 0. The molecule has 3 unspecified atom stereocenters. The normalized spacial score (nSPS) is 24.9. The van der Waals surface area contributed by atoms with Crippen LogP contribution in [0.2, 0.25) is 0 Å². The number of nitro groups is 1. The zero-order chi connectivity index (χ0) is 14.7. The second-order valence-electron chi connectivity index (χ2n) is 5.06. The molecule has 0 N–H and O–H groups in total. The number of morpholine rings is 1. The van der Waals surface area contributed by atoms with Gasteiger partial charge in [0, 0.05) is 19.2 Å². The standard InChI is InChI=1S/C14H17N3O3/c1-10-8-16(9-11(2)20-10)14(7-15)12-5-3-4-6-13(12)17(18)19/h3-6,10-11,14H,8-9H2,1-2H3. The summed E-state index contributed by atoms with van der Waals surface area (Å²) >= 11 is 0. The lowest BCUT2D eigenvalue weighted by molar-refractivity contribution is -0.385. The molecule has 1 aliphatic rings. The third-order valence-corrected chi connectivity index (χ3v) is 3.36. The van der Waals surface area contributed by atoms with E-state index in [1.165, 1.54) is 6.07 Å². The van der Waals surface area contributed by atoms with Gasteiger partial charge in [0.25, 0.3) is 5.69 Å². The van der Waals surface area contributed by atoms with Gasteiger partial charge in [0.15, 0.2) is 0 Å². The molecule has 0 saturated carbocycles. The van der Waals surface area contributed by atoms with Crippen LogP contribution in [0.1, 0.15) is 25.5 Å². The van der Waals surface area contributed by atoms with Crippen LogP contribution in [0.5, 0.6) is 0 Å². The predicted octanol–water partition coefficient (Wildman–Crippen LogP) is 2.27. The summed E-state index contributed by atoms with van der Waals surface area (Å²) in [4.78, 5) is 12.6. The van der Waals surface area contributed by atoms with Gasteiger partial charge in [-0.1, -0.05) is 12.1 Å². The molecule has 1 heterocycles. The van der Waals surface area contributed by atoms with Crippen LogP contribution in [0.3, 0.4) is 0 Å². The van der Waals surface area contributed by atoms with Crippen molar-refractivity contribution in [2.45, 2.75) is 32.1 Å². The van der Waals surface area contributed by atoms with Gasteiger partial charge in [0.05, 0.1) is 28.8 Å². The maximum absolute atomic E-state index is 11.1. The van der Waals surface area contributed by atoms with E-state index in [0.717, 1.165) is 0 Å². The minimum absolute atomic E-state index is 0.00847. The molecule has 1 aliphatic heterocycles. The van der Waals surface area contributed by atoms with Gasteiger partial charge in [0.1, 0.15) is 6.04 Å². The van der Waals surface area contributed by atoms with Gasteiger partial charge < -0.3 is 4.74 Å². The van der Waals surface area contributed by atoms with Gasteiger partial charge in [-0.05, 0) is 19.9 Å². The van der Waals surface area contributed by atoms with Crippen LogP contribution in [0, 0.1) is 21.4 Å². The van der Waals surface area contributed by atoms with Gasteiger partial charge in [0.2, 0.25) is 0 Å². The summed E-state index contributed by atoms with van der Waals surface area (Å²) in [6, 6.07) is 7.99. The summed E-state index contributed by atoms with van der Waals surface area (Å²) in [6.07, 6.45) is 0.0229. The van der Waals surface area contributed by atoms with Crippen molar-refractivity contribution in [3.63, 3.8) is 0 Å². The van der Waals surface area contributed by atoms with E-state index in [1.54, 1.807) is 18.2 Å². The van der Waals surface area contributed by atoms with Gasteiger partial charge in [-0.2, -0.15) is 5.26 Å². The fourth-order valence-corrected chi connectivity index (χ4v) is 2.66. The summed E-state index contributed by atoms with van der Waals surface area (Å²) in [5.74, 6) is 0. The fraction of sp³-hybridized carbons (Fsp3) is 0.500. The first-order valence-electron chi connectivity index (χ1n) is 6.55. The van der Waals surface area contributed by atoms with Crippen molar-refractivity contribution < 1.29 is 9.66 Å². The van der Waals surface area contributed by atoms with Crippen molar-refractivity contribution in [2.24, 2.45) is 0 Å². The fourth-order valence-electron chi connectivity index (χ4n) is 2.66. The number of nitrogens with zero attached hydrogens (tertiary/aromatic N) is 3. The Morgan fingerprint density at radius 3 is 2.55 bits per heavy atom. The third-order valence-electron chi connectivity index (χ3n) is 3.36. The highest BCUT2D eigenvalue weighted by Crippen LogP contribution is 2.30. The summed E-state index contributed by atoms with van der Waals surface area (Å²) in [5.41, 5.74) is 0.437. The minimum atomic E-state index is -0.620. The van der Waals surface area contributed by atoms with Gasteiger partial charge in [-0.3, -0.25) is 15.0 Å². The van der Waals surface area contributed by atoms with Crippen LogP contribution in [-0.4, -0.2) is 35.1 Å². The van der Waals surface area contributed by atoms with Crippen LogP contribution < -0.4 is 0 Å². The smallest absolute Gasteiger partial charge is 0.275 e. The summed E-state index contributed by atoms with van der Waals surface area (Å²) in [7, 11) is 0.